The van der Waals surface area contributed by atoms with Crippen molar-refractivity contribution >= 4 is 0 Å². The van der Waals surface area contributed by atoms with E-state index in [0.29, 0.717) is 18.3 Å². The van der Waals surface area contributed by atoms with E-state index in [4.69, 9.17) is 37.9 Å². The first-order valence-electron chi connectivity index (χ1n) is 17.9. The van der Waals surface area contributed by atoms with Crippen LogP contribution in [0.3, 0.4) is 0 Å². The summed E-state index contributed by atoms with van der Waals surface area (Å²) in [6.45, 7) is 10.6. The minimum Gasteiger partial charge on any atom is -0.390 e. The van der Waals surface area contributed by atoms with Crippen molar-refractivity contribution in [1.29, 1.82) is 0 Å². The summed E-state index contributed by atoms with van der Waals surface area (Å²) in [7, 11) is 3.11. The van der Waals surface area contributed by atoms with Crippen LogP contribution < -0.4 is 0 Å². The predicted molar refractivity (Wildman–Crippen MR) is 162 cm³/mol. The van der Waals surface area contributed by atoms with Crippen molar-refractivity contribution in [3.63, 3.8) is 0 Å². The van der Waals surface area contributed by atoms with E-state index in [1.165, 1.54) is 7.11 Å². The summed E-state index contributed by atoms with van der Waals surface area (Å²) >= 11 is 0. The van der Waals surface area contributed by atoms with Crippen LogP contribution in [-0.2, 0) is 37.9 Å². The maximum absolute atomic E-state index is 11.9. The van der Waals surface area contributed by atoms with Gasteiger partial charge in [0.05, 0.1) is 42.2 Å². The first kappa shape index (κ1) is 32.7. The van der Waals surface area contributed by atoms with Gasteiger partial charge in [-0.1, -0.05) is 13.8 Å². The lowest BCUT2D eigenvalue weighted by molar-refractivity contribution is -0.498. The van der Waals surface area contributed by atoms with Crippen LogP contribution in [0.15, 0.2) is 0 Å². The van der Waals surface area contributed by atoms with Crippen LogP contribution in [0.2, 0.25) is 0 Å². The van der Waals surface area contributed by atoms with E-state index < -0.39 is 55.0 Å². The van der Waals surface area contributed by atoms with Crippen molar-refractivity contribution in [2.24, 2.45) is 34.5 Å². The molecule has 9 fully saturated rings. The van der Waals surface area contributed by atoms with Gasteiger partial charge in [-0.15, -0.1) is 0 Å². The van der Waals surface area contributed by atoms with E-state index in [1.54, 1.807) is 14.0 Å². The lowest BCUT2D eigenvalue weighted by atomic mass is 9.39. The highest BCUT2D eigenvalue weighted by atomic mass is 16.7. The molecule has 46 heavy (non-hydrogen) atoms. The molecular weight excluding hydrogens is 596 g/mol. The molecule has 0 aromatic carbocycles. The minimum atomic E-state index is -1.16. The zero-order valence-corrected chi connectivity index (χ0v) is 28.5. The molecule has 5 heterocycles. The molecule has 6 bridgehead atoms. The summed E-state index contributed by atoms with van der Waals surface area (Å²) in [4.78, 5) is 0. The highest BCUT2D eigenvalue weighted by Gasteiger charge is 2.83. The fourth-order valence-corrected chi connectivity index (χ4v) is 12.7. The number of hydrogen-bond donors (Lipinski definition) is 3. The Bertz CT molecular complexity index is 1170. The molecule has 0 aromatic heterocycles. The van der Waals surface area contributed by atoms with Crippen molar-refractivity contribution in [3.05, 3.63) is 0 Å². The molecule has 5 saturated heterocycles. The number of rotatable bonds is 6. The summed E-state index contributed by atoms with van der Waals surface area (Å²) in [5.41, 5.74) is -0.340. The summed E-state index contributed by atoms with van der Waals surface area (Å²) < 4.78 is 50.3. The van der Waals surface area contributed by atoms with E-state index >= 15 is 0 Å². The Morgan fingerprint density at radius 1 is 0.761 bits per heavy atom. The van der Waals surface area contributed by atoms with Crippen molar-refractivity contribution in [2.75, 3.05) is 14.2 Å². The average molecular weight is 653 g/mol. The molecule has 11 heteroatoms. The molecule has 9 rings (SSSR count). The number of methoxy groups -OCH3 is 2. The van der Waals surface area contributed by atoms with Crippen LogP contribution in [0.4, 0.5) is 0 Å². The van der Waals surface area contributed by atoms with Crippen molar-refractivity contribution in [3.8, 4) is 0 Å². The third kappa shape index (κ3) is 4.29. The summed E-state index contributed by atoms with van der Waals surface area (Å²) in [5.74, 6) is 0.683. The summed E-state index contributed by atoms with van der Waals surface area (Å²) in [6.07, 6.45) is 0.925. The molecule has 2 unspecified atom stereocenters. The molecule has 4 saturated carbocycles. The topological polar surface area (TPSA) is 135 Å². The first-order valence-corrected chi connectivity index (χ1v) is 17.9. The van der Waals surface area contributed by atoms with Gasteiger partial charge in [0.1, 0.15) is 24.4 Å². The second-order valence-corrected chi connectivity index (χ2v) is 16.7. The molecule has 4 aliphatic carbocycles. The third-order valence-corrected chi connectivity index (χ3v) is 14.7. The molecule has 262 valence electrons. The molecule has 20 atom stereocenters. The Morgan fingerprint density at radius 2 is 1.52 bits per heavy atom. The van der Waals surface area contributed by atoms with Gasteiger partial charge in [-0.2, -0.15) is 0 Å². The molecule has 11 nitrogen and oxygen atoms in total. The van der Waals surface area contributed by atoms with Crippen LogP contribution in [0, 0.1) is 34.5 Å². The van der Waals surface area contributed by atoms with Gasteiger partial charge in [0, 0.05) is 37.9 Å². The summed E-state index contributed by atoms with van der Waals surface area (Å²) in [5, 5.41) is 33.1. The average Bonchev–Trinajstić information content (AvgIpc) is 3.36. The van der Waals surface area contributed by atoms with Crippen molar-refractivity contribution in [2.45, 2.75) is 171 Å². The van der Waals surface area contributed by atoms with Crippen LogP contribution >= 0.6 is 0 Å². The number of aliphatic hydroxyl groups excluding tert-OH is 3. The van der Waals surface area contributed by atoms with E-state index in [0.717, 1.165) is 44.9 Å². The van der Waals surface area contributed by atoms with Gasteiger partial charge in [-0.25, -0.2) is 0 Å². The maximum Gasteiger partial charge on any atom is 0.187 e. The van der Waals surface area contributed by atoms with Gasteiger partial charge < -0.3 is 53.2 Å². The van der Waals surface area contributed by atoms with Gasteiger partial charge in [-0.05, 0) is 83.0 Å². The Balaban J connectivity index is 0.936. The standard InChI is InChI=1S/C35H56O11/c1-16-24(36)27(40-7)25(37)31(42-16)44-26-17(2)41-23(15-20(26)39-6)43-19-11-12-32(3)18(14-19)10-13-35-22-9-8-21-33(22,4)30(38)28(29(32)35)45-34(21,5)46-35/h16-31,36-38H,8-15H2,1-7H3/t16-,17-,18+,19+,20-,21-,22-,23+,24-,25-,26-,27-,28?,29-,30-,31+,32+,33-,34?,35-/m1/s1. The SMILES string of the molecule is CO[C@H]1[C@@H](O)[C@H](O[C@@H]2[C@@H](C)O[C@@H](O[C@H]3CC[C@@]4(C)[C@@H](CC[C@]56OC7(C)OC([C@H]45)[C@@H](O)[C@]4(C)[C@H]7CC[C@@H]64)C3)C[C@H]2OC)O[C@H](C)[C@H]1O. The van der Waals surface area contributed by atoms with E-state index in [-0.39, 0.29) is 52.7 Å². The molecule has 1 spiro atoms. The first-order chi connectivity index (χ1) is 21.8. The summed E-state index contributed by atoms with van der Waals surface area (Å²) in [6, 6.07) is 0. The Kier molecular flexibility index (Phi) is 7.85. The van der Waals surface area contributed by atoms with Gasteiger partial charge in [0.2, 0.25) is 0 Å². The molecule has 9 aliphatic rings. The monoisotopic (exact) mass is 652 g/mol. The minimum absolute atomic E-state index is 0.00215. The van der Waals surface area contributed by atoms with Crippen LogP contribution in [0.1, 0.15) is 86.0 Å². The molecule has 0 radical (unpaired) electrons. The van der Waals surface area contributed by atoms with Crippen LogP contribution in [-0.4, -0.2) is 115 Å². The quantitative estimate of drug-likeness (QED) is 0.366. The largest absolute Gasteiger partial charge is 0.390 e. The van der Waals surface area contributed by atoms with Crippen LogP contribution in [0.5, 0.6) is 0 Å². The fourth-order valence-electron chi connectivity index (χ4n) is 12.7. The van der Waals surface area contributed by atoms with E-state index in [9.17, 15) is 15.3 Å². The highest BCUT2D eigenvalue weighted by Crippen LogP contribution is 2.78. The Hall–Kier alpha value is -0.440. The molecule has 3 N–H and O–H groups in total. The van der Waals surface area contributed by atoms with Gasteiger partial charge >= 0.3 is 0 Å². The maximum atomic E-state index is 11.9. The number of ether oxygens (including phenoxy) is 8. The van der Waals surface area contributed by atoms with Gasteiger partial charge in [0.25, 0.3) is 0 Å². The normalized spacial score (nSPS) is 62.2. The Labute approximate surface area is 272 Å². The van der Waals surface area contributed by atoms with Gasteiger partial charge in [-0.3, -0.25) is 0 Å². The zero-order chi connectivity index (χ0) is 32.6. The van der Waals surface area contributed by atoms with Crippen molar-refractivity contribution in [1.82, 2.24) is 0 Å². The molecular formula is C35H56O11. The van der Waals surface area contributed by atoms with E-state index in [2.05, 4.69) is 20.8 Å². The second-order valence-electron chi connectivity index (χ2n) is 16.7. The predicted octanol–water partition coefficient (Wildman–Crippen LogP) is 2.90. The van der Waals surface area contributed by atoms with E-state index in [1.807, 2.05) is 6.92 Å². The lowest BCUT2D eigenvalue weighted by Gasteiger charge is -2.77. The second kappa shape index (κ2) is 11.0. The van der Waals surface area contributed by atoms with Crippen molar-refractivity contribution < 1.29 is 53.2 Å². The number of aliphatic hydroxyl groups is 3. The molecule has 0 aromatic rings. The number of hydrogen-bond acceptors (Lipinski definition) is 11. The van der Waals surface area contributed by atoms with Gasteiger partial charge in [0.15, 0.2) is 18.4 Å². The highest BCUT2D eigenvalue weighted by molar-refractivity contribution is 5.28. The lowest BCUT2D eigenvalue weighted by Crippen LogP contribution is -2.84. The fraction of sp³-hybridized carbons (Fsp3) is 1.00. The number of fused-ring (bicyclic) bond motifs is 1. The Morgan fingerprint density at radius 3 is 2.26 bits per heavy atom. The zero-order valence-electron chi connectivity index (χ0n) is 28.5. The van der Waals surface area contributed by atoms with Crippen LogP contribution in [0.25, 0.3) is 0 Å². The molecule has 0 amide bonds. The molecule has 5 aliphatic heterocycles. The third-order valence-electron chi connectivity index (χ3n) is 14.7. The smallest absolute Gasteiger partial charge is 0.187 e.